The van der Waals surface area contributed by atoms with Crippen LogP contribution in [0.1, 0.15) is 59.3 Å². The van der Waals surface area contributed by atoms with E-state index < -0.39 is 17.9 Å². The number of esters is 2. The highest BCUT2D eigenvalue weighted by Gasteiger charge is 2.57. The summed E-state index contributed by atoms with van der Waals surface area (Å²) in [6.45, 7) is 15.5. The first kappa shape index (κ1) is 29.9. The average molecular weight is 491 g/mol. The average Bonchev–Trinajstić information content (AvgIpc) is 2.80. The second kappa shape index (κ2) is 13.1. The van der Waals surface area contributed by atoms with E-state index in [9.17, 15) is 19.2 Å². The first-order valence-corrected chi connectivity index (χ1v) is 11.6. The number of rotatable bonds is 7. The van der Waals surface area contributed by atoms with Gasteiger partial charge in [-0.25, -0.2) is 19.2 Å². The van der Waals surface area contributed by atoms with Crippen molar-refractivity contribution in [3.05, 3.63) is 48.6 Å². The lowest BCUT2D eigenvalue weighted by Gasteiger charge is -2.59. The smallest absolute Gasteiger partial charge is 0.333 e. The molecule has 0 aromatic rings. The maximum absolute atomic E-state index is 11.8. The van der Waals surface area contributed by atoms with Crippen molar-refractivity contribution in [2.75, 3.05) is 7.11 Å². The third-order valence-electron chi connectivity index (χ3n) is 7.06. The van der Waals surface area contributed by atoms with Crippen molar-refractivity contribution in [1.29, 1.82) is 0 Å². The molecule has 8 nitrogen and oxygen atoms in total. The van der Waals surface area contributed by atoms with Gasteiger partial charge in [-0.1, -0.05) is 25.8 Å². The van der Waals surface area contributed by atoms with E-state index in [0.29, 0.717) is 17.4 Å². The van der Waals surface area contributed by atoms with Crippen LogP contribution >= 0.6 is 0 Å². The van der Waals surface area contributed by atoms with Gasteiger partial charge in [0.2, 0.25) is 0 Å². The van der Waals surface area contributed by atoms with Gasteiger partial charge in [-0.15, -0.1) is 0 Å². The molecule has 0 saturated heterocycles. The predicted octanol–water partition coefficient (Wildman–Crippen LogP) is 4.71. The van der Waals surface area contributed by atoms with Gasteiger partial charge in [0.25, 0.3) is 0 Å². The molecule has 4 bridgehead atoms. The van der Waals surface area contributed by atoms with E-state index in [0.717, 1.165) is 17.9 Å². The minimum atomic E-state index is -1.00. The molecule has 194 valence electrons. The molecule has 8 heteroatoms. The van der Waals surface area contributed by atoms with Gasteiger partial charge in [0.1, 0.15) is 5.60 Å². The second-order valence-electron chi connectivity index (χ2n) is 9.69. The van der Waals surface area contributed by atoms with Gasteiger partial charge in [-0.3, -0.25) is 0 Å². The molecular formula is C27H38O8. The van der Waals surface area contributed by atoms with Crippen molar-refractivity contribution in [1.82, 2.24) is 0 Å². The fourth-order valence-electron chi connectivity index (χ4n) is 5.16. The summed E-state index contributed by atoms with van der Waals surface area (Å²) in [4.78, 5) is 42.2. The molecule has 0 aliphatic heterocycles. The fraction of sp³-hybridized carbons (Fsp3) is 0.556. The highest BCUT2D eigenvalue weighted by atomic mass is 16.6. The summed E-state index contributed by atoms with van der Waals surface area (Å²) in [6.07, 6.45) is 8.96. The fourth-order valence-corrected chi connectivity index (χ4v) is 5.16. The lowest BCUT2D eigenvalue weighted by atomic mass is 9.50. The minimum absolute atomic E-state index is 0.185. The predicted molar refractivity (Wildman–Crippen MR) is 131 cm³/mol. The van der Waals surface area contributed by atoms with Crippen LogP contribution in [0.4, 0.5) is 0 Å². The van der Waals surface area contributed by atoms with Crippen molar-refractivity contribution in [3.8, 4) is 0 Å². The van der Waals surface area contributed by atoms with Crippen molar-refractivity contribution in [2.45, 2.75) is 64.9 Å². The van der Waals surface area contributed by atoms with Crippen LogP contribution in [0.3, 0.4) is 0 Å². The van der Waals surface area contributed by atoms with Crippen molar-refractivity contribution in [3.63, 3.8) is 0 Å². The van der Waals surface area contributed by atoms with E-state index in [-0.39, 0.29) is 29.1 Å². The number of carbonyl (C=O) groups excluding carboxylic acids is 2. The molecule has 0 spiro atoms. The Morgan fingerprint density at radius 3 is 1.74 bits per heavy atom. The molecule has 0 heterocycles. The van der Waals surface area contributed by atoms with E-state index in [1.165, 1.54) is 52.2 Å². The van der Waals surface area contributed by atoms with Crippen LogP contribution in [0.5, 0.6) is 0 Å². The Labute approximate surface area is 207 Å². The maximum Gasteiger partial charge on any atom is 0.333 e. The lowest BCUT2D eigenvalue weighted by Crippen LogP contribution is -2.58. The zero-order valence-corrected chi connectivity index (χ0v) is 21.2. The van der Waals surface area contributed by atoms with E-state index >= 15 is 0 Å². The lowest BCUT2D eigenvalue weighted by molar-refractivity contribution is -0.199. The van der Waals surface area contributed by atoms with Gasteiger partial charge in [0.05, 0.1) is 7.11 Å². The number of allylic oxidation sites excluding steroid dienone is 1. The van der Waals surface area contributed by atoms with E-state index in [1.54, 1.807) is 6.92 Å². The molecular weight excluding hydrogens is 452 g/mol. The van der Waals surface area contributed by atoms with Gasteiger partial charge in [0, 0.05) is 22.8 Å². The maximum atomic E-state index is 11.8. The molecule has 0 amide bonds. The molecule has 2 N–H and O–H groups in total. The van der Waals surface area contributed by atoms with Crippen molar-refractivity contribution >= 4 is 23.9 Å². The Morgan fingerprint density at radius 1 is 0.943 bits per heavy atom. The molecule has 4 aliphatic carbocycles. The van der Waals surface area contributed by atoms with Crippen molar-refractivity contribution < 1.29 is 38.9 Å². The molecule has 4 saturated carbocycles. The van der Waals surface area contributed by atoms with Gasteiger partial charge in [-0.05, 0) is 83.0 Å². The van der Waals surface area contributed by atoms with Crippen LogP contribution in [0.25, 0.3) is 0 Å². The monoisotopic (exact) mass is 490 g/mol. The van der Waals surface area contributed by atoms with E-state index in [1.807, 2.05) is 0 Å². The standard InChI is InChI=1S/C15H22O2.C9H12O4.C3H4O2/c1-9(2)14(16)17-15(3)12-5-10-4-11(7-12)8-13(15)6-10;1-6(8(10)11)4-5-7(2)9(12)13-3;1-2-3(4)5/h10-13H,1,4-8H2,2-3H3;4H,2,5H2,1,3H3,(H,10,11);2H,1H2,(H,4,5). The van der Waals surface area contributed by atoms with Crippen LogP contribution in [-0.4, -0.2) is 46.8 Å². The number of carbonyl (C=O) groups is 4. The zero-order valence-electron chi connectivity index (χ0n) is 21.2. The Kier molecular flexibility index (Phi) is 11.2. The van der Waals surface area contributed by atoms with Gasteiger partial charge >= 0.3 is 23.9 Å². The van der Waals surface area contributed by atoms with Gasteiger partial charge in [0.15, 0.2) is 0 Å². The molecule has 0 unspecified atom stereocenters. The third kappa shape index (κ3) is 8.53. The molecule has 0 aromatic heterocycles. The molecule has 4 fully saturated rings. The summed E-state index contributed by atoms with van der Waals surface area (Å²) in [5.41, 5.74) is 0.747. The van der Waals surface area contributed by atoms with Crippen LogP contribution in [-0.2, 0) is 28.7 Å². The Morgan fingerprint density at radius 2 is 1.40 bits per heavy atom. The molecule has 0 atom stereocenters. The second-order valence-corrected chi connectivity index (χ2v) is 9.69. The molecule has 4 aliphatic rings. The summed E-state index contributed by atoms with van der Waals surface area (Å²) >= 11 is 0. The van der Waals surface area contributed by atoms with E-state index in [2.05, 4.69) is 31.4 Å². The largest absolute Gasteiger partial charge is 0.478 e. The molecule has 0 radical (unpaired) electrons. The quantitative estimate of drug-likeness (QED) is 0.388. The SMILES string of the molecule is C=C(C)C(=O)OC1(C)C2CC3CC(C2)CC1C3.C=C(CC=C(C)C(=O)O)C(=O)OC.C=CC(=O)O. The van der Waals surface area contributed by atoms with E-state index in [4.69, 9.17) is 14.9 Å². The first-order valence-electron chi connectivity index (χ1n) is 11.6. The Balaban J connectivity index is 0.000000304. The Hall–Kier alpha value is -3.16. The number of carboxylic acid groups (broad SMARTS) is 2. The zero-order chi connectivity index (χ0) is 26.9. The number of aliphatic carboxylic acids is 2. The Bertz CT molecular complexity index is 867. The highest BCUT2D eigenvalue weighted by Crippen LogP contribution is 2.59. The molecule has 4 rings (SSSR count). The van der Waals surface area contributed by atoms with Crippen LogP contribution in [0.2, 0.25) is 0 Å². The summed E-state index contributed by atoms with van der Waals surface area (Å²) < 4.78 is 10.2. The number of methoxy groups -OCH3 is 1. The van der Waals surface area contributed by atoms with Crippen LogP contribution in [0.15, 0.2) is 48.6 Å². The normalized spacial score (nSPS) is 27.7. The number of hydrogen-bond acceptors (Lipinski definition) is 6. The third-order valence-corrected chi connectivity index (χ3v) is 7.06. The summed E-state index contributed by atoms with van der Waals surface area (Å²) in [7, 11) is 1.25. The minimum Gasteiger partial charge on any atom is -0.478 e. The van der Waals surface area contributed by atoms with Crippen LogP contribution < -0.4 is 0 Å². The summed E-state index contributed by atoms with van der Waals surface area (Å²) in [6, 6.07) is 0. The van der Waals surface area contributed by atoms with Crippen molar-refractivity contribution in [2.24, 2.45) is 23.7 Å². The molecule has 35 heavy (non-hydrogen) atoms. The summed E-state index contributed by atoms with van der Waals surface area (Å²) in [5.74, 6) is 0.324. The van der Waals surface area contributed by atoms with Crippen LogP contribution in [0, 0.1) is 23.7 Å². The number of ether oxygens (including phenoxy) is 2. The van der Waals surface area contributed by atoms with Gasteiger partial charge < -0.3 is 19.7 Å². The first-order chi connectivity index (χ1) is 16.2. The summed E-state index contributed by atoms with van der Waals surface area (Å²) in [5, 5.41) is 16.1. The highest BCUT2D eigenvalue weighted by molar-refractivity contribution is 5.89. The topological polar surface area (TPSA) is 127 Å². The van der Waals surface area contributed by atoms with Gasteiger partial charge in [-0.2, -0.15) is 0 Å². The number of carboxylic acids is 2. The number of hydrogen-bond donors (Lipinski definition) is 2. The molecule has 0 aromatic carbocycles.